The predicted molar refractivity (Wildman–Crippen MR) is 46.7 cm³/mol. The summed E-state index contributed by atoms with van der Waals surface area (Å²) in [5, 5.41) is 16.8. The number of nitriles is 1. The molecule has 5 nitrogen and oxygen atoms in total. The van der Waals surface area contributed by atoms with Crippen LogP contribution < -0.4 is 0 Å². The van der Waals surface area contributed by atoms with Crippen LogP contribution in [0.3, 0.4) is 0 Å². The topological polar surface area (TPSA) is 87.4 Å². The molecule has 0 aliphatic rings. The minimum atomic E-state index is -1.07. The van der Waals surface area contributed by atoms with E-state index in [1.54, 1.807) is 19.9 Å². The molecule has 0 unspecified atom stereocenters. The summed E-state index contributed by atoms with van der Waals surface area (Å²) in [6.45, 7) is 2.67. The van der Waals surface area contributed by atoms with Crippen molar-refractivity contribution in [3.8, 4) is 6.07 Å². The Morgan fingerprint density at radius 1 is 1.57 bits per heavy atom. The van der Waals surface area contributed by atoms with E-state index in [9.17, 15) is 9.59 Å². The van der Waals surface area contributed by atoms with E-state index in [0.29, 0.717) is 0 Å². The highest BCUT2D eigenvalue weighted by Gasteiger charge is 2.14. The van der Waals surface area contributed by atoms with Crippen molar-refractivity contribution in [2.75, 3.05) is 6.61 Å². The van der Waals surface area contributed by atoms with Gasteiger partial charge in [0.2, 0.25) is 0 Å². The average Bonchev–Trinajstić information content (AvgIpc) is 2.13. The summed E-state index contributed by atoms with van der Waals surface area (Å²) in [6, 6.07) is 1.62. The van der Waals surface area contributed by atoms with Crippen LogP contribution in [0, 0.1) is 17.2 Å². The summed E-state index contributed by atoms with van der Waals surface area (Å²) in [5.41, 5.74) is -0.234. The summed E-state index contributed by atoms with van der Waals surface area (Å²) >= 11 is 0. The molecule has 0 saturated heterocycles. The first kappa shape index (κ1) is 12.3. The van der Waals surface area contributed by atoms with E-state index >= 15 is 0 Å². The van der Waals surface area contributed by atoms with Crippen LogP contribution >= 0.6 is 0 Å². The lowest BCUT2D eigenvalue weighted by Crippen LogP contribution is -2.16. The van der Waals surface area contributed by atoms with Gasteiger partial charge >= 0.3 is 11.9 Å². The number of hydrogen-bond acceptors (Lipinski definition) is 5. The zero-order chi connectivity index (χ0) is 11.1. The summed E-state index contributed by atoms with van der Waals surface area (Å²) in [4.78, 5) is 21.5. The molecule has 5 heteroatoms. The van der Waals surface area contributed by atoms with Crippen LogP contribution in [0.15, 0.2) is 11.6 Å². The number of esters is 2. The predicted octanol–water partition coefficient (Wildman–Crippen LogP) is 0.154. The molecular formula is C9H11NO4. The molecule has 0 spiro atoms. The van der Waals surface area contributed by atoms with Gasteiger partial charge in [-0.25, -0.2) is 9.59 Å². The molecule has 0 fully saturated rings. The number of nitrogens with zero attached hydrogens (tertiary/aromatic N) is 1. The van der Waals surface area contributed by atoms with Crippen molar-refractivity contribution in [1.82, 2.24) is 0 Å². The highest BCUT2D eigenvalue weighted by atomic mass is 16.6. The maximum absolute atomic E-state index is 11.0. The quantitative estimate of drug-likeness (QED) is 0.301. The highest BCUT2D eigenvalue weighted by Crippen LogP contribution is 2.03. The first-order valence-corrected chi connectivity index (χ1v) is 3.99. The third-order valence-electron chi connectivity index (χ3n) is 1.18. The van der Waals surface area contributed by atoms with Crippen LogP contribution in [-0.4, -0.2) is 23.7 Å². The third-order valence-corrected chi connectivity index (χ3v) is 1.18. The Morgan fingerprint density at radius 2 is 2.14 bits per heavy atom. The van der Waals surface area contributed by atoms with E-state index < -0.39 is 18.5 Å². The summed E-state index contributed by atoms with van der Waals surface area (Å²) in [7, 11) is 0. The van der Waals surface area contributed by atoms with Gasteiger partial charge < -0.3 is 9.84 Å². The standard InChI is InChI=1S/C9H11NO4/c1-6(2)3-7(4-10)9(13)14-8(12)5-11/h3,6,11H,5H2,1-2H3. The number of aliphatic hydroxyl groups is 1. The monoisotopic (exact) mass is 197 g/mol. The molecule has 0 aliphatic carbocycles. The van der Waals surface area contributed by atoms with Gasteiger partial charge in [-0.15, -0.1) is 0 Å². The lowest BCUT2D eigenvalue weighted by molar-refractivity contribution is -0.158. The van der Waals surface area contributed by atoms with Crippen molar-refractivity contribution in [3.63, 3.8) is 0 Å². The van der Waals surface area contributed by atoms with Gasteiger partial charge in [0.1, 0.15) is 18.2 Å². The van der Waals surface area contributed by atoms with Crippen LogP contribution in [0.2, 0.25) is 0 Å². The lowest BCUT2D eigenvalue weighted by Gasteiger charge is -2.00. The second-order valence-electron chi connectivity index (χ2n) is 2.86. The van der Waals surface area contributed by atoms with E-state index in [4.69, 9.17) is 10.4 Å². The Kier molecular flexibility index (Phi) is 5.19. The summed E-state index contributed by atoms with van der Waals surface area (Å²) in [5.74, 6) is -2.10. The molecule has 0 atom stereocenters. The minimum Gasteiger partial charge on any atom is -0.387 e. The normalized spacial score (nSPS) is 10.9. The SMILES string of the molecule is CC(C)C=C(C#N)C(=O)OC(=O)CO. The number of carbonyl (C=O) groups is 2. The first-order chi connectivity index (χ1) is 6.51. The molecule has 0 aromatic carbocycles. The zero-order valence-corrected chi connectivity index (χ0v) is 7.98. The summed E-state index contributed by atoms with van der Waals surface area (Å²) < 4.78 is 4.13. The number of allylic oxidation sites excluding steroid dienone is 1. The molecule has 0 bridgehead atoms. The zero-order valence-electron chi connectivity index (χ0n) is 7.98. The van der Waals surface area contributed by atoms with Gasteiger partial charge in [0.15, 0.2) is 0 Å². The van der Waals surface area contributed by atoms with Crippen LogP contribution in [0.5, 0.6) is 0 Å². The molecule has 0 saturated carbocycles. The lowest BCUT2D eigenvalue weighted by atomic mass is 10.1. The van der Waals surface area contributed by atoms with Gasteiger partial charge in [-0.2, -0.15) is 5.26 Å². The van der Waals surface area contributed by atoms with E-state index in [1.807, 2.05) is 0 Å². The fraction of sp³-hybridized carbons (Fsp3) is 0.444. The maximum atomic E-state index is 11.0. The Hall–Kier alpha value is -1.67. The second-order valence-corrected chi connectivity index (χ2v) is 2.86. The second kappa shape index (κ2) is 5.89. The highest BCUT2D eigenvalue weighted by molar-refractivity contribution is 5.99. The number of carbonyl (C=O) groups excluding carboxylic acids is 2. The van der Waals surface area contributed by atoms with Crippen LogP contribution in [0.1, 0.15) is 13.8 Å². The van der Waals surface area contributed by atoms with Gasteiger partial charge in [0.05, 0.1) is 0 Å². The Balaban J connectivity index is 4.51. The number of aliphatic hydroxyl groups excluding tert-OH is 1. The summed E-state index contributed by atoms with van der Waals surface area (Å²) in [6.07, 6.45) is 1.38. The molecule has 0 amide bonds. The van der Waals surface area contributed by atoms with Crippen molar-refractivity contribution in [2.24, 2.45) is 5.92 Å². The van der Waals surface area contributed by atoms with Crippen LogP contribution in [-0.2, 0) is 14.3 Å². The molecule has 14 heavy (non-hydrogen) atoms. The smallest absolute Gasteiger partial charge is 0.356 e. The van der Waals surface area contributed by atoms with Gasteiger partial charge in [0, 0.05) is 0 Å². The van der Waals surface area contributed by atoms with Crippen molar-refractivity contribution < 1.29 is 19.4 Å². The van der Waals surface area contributed by atoms with Crippen LogP contribution in [0.25, 0.3) is 0 Å². The average molecular weight is 197 g/mol. The molecule has 0 radical (unpaired) electrons. The van der Waals surface area contributed by atoms with Gasteiger partial charge in [0.25, 0.3) is 0 Å². The molecular weight excluding hydrogens is 186 g/mol. The van der Waals surface area contributed by atoms with E-state index in [0.717, 1.165) is 0 Å². The van der Waals surface area contributed by atoms with Crippen LogP contribution in [0.4, 0.5) is 0 Å². The number of ether oxygens (including phenoxy) is 1. The maximum Gasteiger partial charge on any atom is 0.356 e. The van der Waals surface area contributed by atoms with Gasteiger partial charge in [-0.1, -0.05) is 19.9 Å². The molecule has 0 heterocycles. The fourth-order valence-electron chi connectivity index (χ4n) is 0.675. The first-order valence-electron chi connectivity index (χ1n) is 3.99. The third kappa shape index (κ3) is 4.38. The van der Waals surface area contributed by atoms with Gasteiger partial charge in [-0.3, -0.25) is 0 Å². The molecule has 0 rings (SSSR count). The molecule has 76 valence electrons. The van der Waals surface area contributed by atoms with E-state index in [1.165, 1.54) is 6.08 Å². The molecule has 1 N–H and O–H groups in total. The molecule has 0 aromatic heterocycles. The minimum absolute atomic E-state index is 0.00132. The largest absolute Gasteiger partial charge is 0.387 e. The van der Waals surface area contributed by atoms with Gasteiger partial charge in [-0.05, 0) is 5.92 Å². The number of hydrogen-bond donors (Lipinski definition) is 1. The molecule has 0 aliphatic heterocycles. The van der Waals surface area contributed by atoms with Crippen molar-refractivity contribution in [2.45, 2.75) is 13.8 Å². The Bertz CT molecular complexity index is 298. The van der Waals surface area contributed by atoms with Crippen molar-refractivity contribution in [1.29, 1.82) is 5.26 Å². The van der Waals surface area contributed by atoms with Crippen molar-refractivity contribution in [3.05, 3.63) is 11.6 Å². The molecule has 0 aromatic rings. The fourth-order valence-corrected chi connectivity index (χ4v) is 0.675. The van der Waals surface area contributed by atoms with Crippen molar-refractivity contribution >= 4 is 11.9 Å². The Labute approximate surface area is 81.6 Å². The van der Waals surface area contributed by atoms with E-state index in [-0.39, 0.29) is 11.5 Å². The number of rotatable bonds is 3. The van der Waals surface area contributed by atoms with E-state index in [2.05, 4.69) is 4.74 Å². The Morgan fingerprint density at radius 3 is 2.50 bits per heavy atom.